The molecule has 0 radical (unpaired) electrons. The molecule has 0 spiro atoms. The van der Waals surface area contributed by atoms with Crippen molar-refractivity contribution in [1.82, 2.24) is 4.90 Å². The highest BCUT2D eigenvalue weighted by molar-refractivity contribution is 5.96. The zero-order chi connectivity index (χ0) is 20.1. The van der Waals surface area contributed by atoms with E-state index in [-0.39, 0.29) is 5.91 Å². The van der Waals surface area contributed by atoms with Crippen molar-refractivity contribution >= 4 is 17.5 Å². The molecule has 1 aliphatic rings. The largest absolute Gasteiger partial charge is 0.483 e. The smallest absolute Gasteiger partial charge is 0.419 e. The number of rotatable bonds is 5. The van der Waals surface area contributed by atoms with Gasteiger partial charge in [0.05, 0.1) is 5.56 Å². The van der Waals surface area contributed by atoms with Crippen LogP contribution in [-0.2, 0) is 11.0 Å². The normalized spacial score (nSPS) is 14.0. The standard InChI is InChI=1S/C20H19F3N2O3/c21-20(22,23)16-5-1-2-6-17(16)28-13-18(26)24-15-9-7-14(8-10-15)19(27)25-11-3-4-12-25/h1-2,5-10H,3-4,11-13H2,(H,24,26). The third-order valence-electron chi connectivity index (χ3n) is 4.36. The van der Waals surface area contributed by atoms with Gasteiger partial charge in [0, 0.05) is 24.3 Å². The Labute approximate surface area is 160 Å². The van der Waals surface area contributed by atoms with Crippen LogP contribution in [0.5, 0.6) is 5.75 Å². The van der Waals surface area contributed by atoms with Crippen LogP contribution >= 0.6 is 0 Å². The number of alkyl halides is 3. The molecule has 8 heteroatoms. The van der Waals surface area contributed by atoms with E-state index in [1.165, 1.54) is 12.1 Å². The maximum absolute atomic E-state index is 12.9. The molecule has 1 fully saturated rings. The fourth-order valence-electron chi connectivity index (χ4n) is 2.97. The van der Waals surface area contributed by atoms with Crippen LogP contribution in [0.4, 0.5) is 18.9 Å². The fourth-order valence-corrected chi connectivity index (χ4v) is 2.97. The van der Waals surface area contributed by atoms with Crippen molar-refractivity contribution in [3.05, 3.63) is 59.7 Å². The average Bonchev–Trinajstić information content (AvgIpc) is 3.21. The molecule has 0 aromatic heterocycles. The molecule has 2 aromatic carbocycles. The van der Waals surface area contributed by atoms with Gasteiger partial charge in [-0.2, -0.15) is 13.2 Å². The molecule has 1 heterocycles. The van der Waals surface area contributed by atoms with Crippen molar-refractivity contribution in [3.8, 4) is 5.75 Å². The fraction of sp³-hybridized carbons (Fsp3) is 0.300. The van der Waals surface area contributed by atoms with Gasteiger partial charge in [-0.1, -0.05) is 12.1 Å². The molecule has 1 aliphatic heterocycles. The number of anilines is 1. The molecule has 0 aliphatic carbocycles. The van der Waals surface area contributed by atoms with Gasteiger partial charge in [-0.15, -0.1) is 0 Å². The Morgan fingerprint density at radius 3 is 2.29 bits per heavy atom. The SMILES string of the molecule is O=C(COc1ccccc1C(F)(F)F)Nc1ccc(C(=O)N2CCCC2)cc1. The van der Waals surface area contributed by atoms with Gasteiger partial charge in [0.25, 0.3) is 11.8 Å². The van der Waals surface area contributed by atoms with E-state index in [0.717, 1.165) is 38.1 Å². The van der Waals surface area contributed by atoms with Crippen molar-refractivity contribution in [2.45, 2.75) is 19.0 Å². The molecule has 0 bridgehead atoms. The Bertz CT molecular complexity index is 845. The van der Waals surface area contributed by atoms with Gasteiger partial charge in [-0.3, -0.25) is 9.59 Å². The van der Waals surface area contributed by atoms with Gasteiger partial charge in [0.1, 0.15) is 5.75 Å². The van der Waals surface area contributed by atoms with E-state index in [2.05, 4.69) is 5.32 Å². The van der Waals surface area contributed by atoms with E-state index in [1.807, 2.05) is 0 Å². The lowest BCUT2D eigenvalue weighted by Gasteiger charge is -2.15. The minimum absolute atomic E-state index is 0.0533. The van der Waals surface area contributed by atoms with Gasteiger partial charge in [-0.05, 0) is 49.2 Å². The molecule has 2 aromatic rings. The quantitative estimate of drug-likeness (QED) is 0.838. The van der Waals surface area contributed by atoms with Crippen molar-refractivity contribution in [3.63, 3.8) is 0 Å². The number of para-hydroxylation sites is 1. The van der Waals surface area contributed by atoms with E-state index < -0.39 is 30.0 Å². The summed E-state index contributed by atoms with van der Waals surface area (Å²) in [7, 11) is 0. The first-order valence-corrected chi connectivity index (χ1v) is 8.83. The summed E-state index contributed by atoms with van der Waals surface area (Å²) >= 11 is 0. The monoisotopic (exact) mass is 392 g/mol. The molecule has 28 heavy (non-hydrogen) atoms. The molecule has 0 saturated carbocycles. The van der Waals surface area contributed by atoms with E-state index in [1.54, 1.807) is 29.2 Å². The maximum atomic E-state index is 12.9. The molecule has 0 unspecified atom stereocenters. The summed E-state index contributed by atoms with van der Waals surface area (Å²) in [6, 6.07) is 11.1. The van der Waals surface area contributed by atoms with E-state index in [9.17, 15) is 22.8 Å². The van der Waals surface area contributed by atoms with Gasteiger partial charge >= 0.3 is 6.18 Å². The number of hydrogen-bond donors (Lipinski definition) is 1. The minimum Gasteiger partial charge on any atom is -0.483 e. The Kier molecular flexibility index (Phi) is 5.87. The third-order valence-corrected chi connectivity index (χ3v) is 4.36. The van der Waals surface area contributed by atoms with Crippen LogP contribution in [-0.4, -0.2) is 36.4 Å². The van der Waals surface area contributed by atoms with Crippen LogP contribution in [0.15, 0.2) is 48.5 Å². The van der Waals surface area contributed by atoms with Crippen molar-refractivity contribution < 1.29 is 27.5 Å². The van der Waals surface area contributed by atoms with Crippen LogP contribution in [0.3, 0.4) is 0 Å². The van der Waals surface area contributed by atoms with Crippen LogP contribution < -0.4 is 10.1 Å². The highest BCUT2D eigenvalue weighted by Gasteiger charge is 2.34. The van der Waals surface area contributed by atoms with Crippen molar-refractivity contribution in [2.75, 3.05) is 25.0 Å². The lowest BCUT2D eigenvalue weighted by molar-refractivity contribution is -0.139. The second-order valence-corrected chi connectivity index (χ2v) is 6.41. The van der Waals surface area contributed by atoms with Gasteiger partial charge in [0.2, 0.25) is 0 Å². The molecule has 0 atom stereocenters. The Morgan fingerprint density at radius 1 is 1.00 bits per heavy atom. The summed E-state index contributed by atoms with van der Waals surface area (Å²) in [4.78, 5) is 26.0. The van der Waals surface area contributed by atoms with Crippen LogP contribution in [0.2, 0.25) is 0 Å². The second kappa shape index (κ2) is 8.33. The maximum Gasteiger partial charge on any atom is 0.419 e. The van der Waals surface area contributed by atoms with Crippen LogP contribution in [0.25, 0.3) is 0 Å². The molecule has 2 amide bonds. The topological polar surface area (TPSA) is 58.6 Å². The highest BCUT2D eigenvalue weighted by Crippen LogP contribution is 2.35. The number of amides is 2. The number of carbonyl (C=O) groups excluding carboxylic acids is 2. The minimum atomic E-state index is -4.56. The number of halogens is 3. The van der Waals surface area contributed by atoms with Gasteiger partial charge in [-0.25, -0.2) is 0 Å². The molecule has 148 valence electrons. The highest BCUT2D eigenvalue weighted by atomic mass is 19.4. The van der Waals surface area contributed by atoms with E-state index >= 15 is 0 Å². The first-order valence-electron chi connectivity index (χ1n) is 8.83. The summed E-state index contributed by atoms with van der Waals surface area (Å²) in [6.07, 6.45) is -2.57. The van der Waals surface area contributed by atoms with E-state index in [4.69, 9.17) is 4.74 Å². The number of hydrogen-bond acceptors (Lipinski definition) is 3. The number of ether oxygens (including phenoxy) is 1. The predicted octanol–water partition coefficient (Wildman–Crippen LogP) is 3.96. The Hall–Kier alpha value is -3.03. The number of nitrogens with one attached hydrogen (secondary N) is 1. The summed E-state index contributed by atoms with van der Waals surface area (Å²) in [5.41, 5.74) is 0.0125. The summed E-state index contributed by atoms with van der Waals surface area (Å²) < 4.78 is 43.8. The number of carbonyl (C=O) groups is 2. The molecular formula is C20H19F3N2O3. The predicted molar refractivity (Wildman–Crippen MR) is 97.1 cm³/mol. The molecule has 1 N–H and O–H groups in total. The number of nitrogens with zero attached hydrogens (tertiary/aromatic N) is 1. The summed E-state index contributed by atoms with van der Waals surface area (Å²) in [6.45, 7) is 0.920. The Morgan fingerprint density at radius 2 is 1.64 bits per heavy atom. The average molecular weight is 392 g/mol. The van der Waals surface area contributed by atoms with Gasteiger partial charge in [0.15, 0.2) is 6.61 Å². The third kappa shape index (κ3) is 4.82. The zero-order valence-electron chi connectivity index (χ0n) is 15.0. The number of likely N-dealkylation sites (tertiary alicyclic amines) is 1. The first-order chi connectivity index (χ1) is 13.3. The lowest BCUT2D eigenvalue weighted by atomic mass is 10.2. The van der Waals surface area contributed by atoms with Crippen LogP contribution in [0, 0.1) is 0 Å². The van der Waals surface area contributed by atoms with Crippen molar-refractivity contribution in [1.29, 1.82) is 0 Å². The van der Waals surface area contributed by atoms with Crippen LogP contribution in [0.1, 0.15) is 28.8 Å². The molecule has 5 nitrogen and oxygen atoms in total. The summed E-state index contributed by atoms with van der Waals surface area (Å²) in [5.74, 6) is -1.06. The molecule has 1 saturated heterocycles. The van der Waals surface area contributed by atoms with Crippen molar-refractivity contribution in [2.24, 2.45) is 0 Å². The van der Waals surface area contributed by atoms with E-state index in [0.29, 0.717) is 11.3 Å². The second-order valence-electron chi connectivity index (χ2n) is 6.41. The first kappa shape index (κ1) is 19.7. The van der Waals surface area contributed by atoms with Gasteiger partial charge < -0.3 is 15.0 Å². The number of benzene rings is 2. The Balaban J connectivity index is 1.56. The lowest BCUT2D eigenvalue weighted by Crippen LogP contribution is -2.27. The molecular weight excluding hydrogens is 373 g/mol. The summed E-state index contributed by atoms with van der Waals surface area (Å²) in [5, 5.41) is 2.54. The zero-order valence-corrected chi connectivity index (χ0v) is 15.0. The molecule has 3 rings (SSSR count).